The molecule has 2 aliphatic rings. The number of thiazole rings is 1. The second-order valence-corrected chi connectivity index (χ2v) is 11.6. The maximum absolute atomic E-state index is 13.4. The fourth-order valence-corrected chi connectivity index (χ4v) is 6.54. The van der Waals surface area contributed by atoms with E-state index < -0.39 is 32.2 Å². The van der Waals surface area contributed by atoms with Crippen molar-refractivity contribution in [1.29, 1.82) is 0 Å². The Morgan fingerprint density at radius 3 is 2.73 bits per heavy atom. The third-order valence-corrected chi connectivity index (χ3v) is 9.02. The summed E-state index contributed by atoms with van der Waals surface area (Å²) in [7, 11) is -3.56. The average molecular weight is 495 g/mol. The molecule has 0 bridgehead atoms. The van der Waals surface area contributed by atoms with E-state index in [9.17, 15) is 17.6 Å². The fraction of sp³-hybridized carbons (Fsp3) is 0.500. The van der Waals surface area contributed by atoms with Crippen LogP contribution in [0.3, 0.4) is 0 Å². The number of amides is 1. The van der Waals surface area contributed by atoms with Gasteiger partial charge < -0.3 is 15.8 Å². The Morgan fingerprint density at radius 1 is 1.30 bits per heavy atom. The van der Waals surface area contributed by atoms with Crippen molar-refractivity contribution in [2.45, 2.75) is 48.3 Å². The maximum Gasteiger partial charge on any atom is 0.251 e. The lowest BCUT2D eigenvalue weighted by Gasteiger charge is -2.26. The van der Waals surface area contributed by atoms with E-state index in [0.717, 1.165) is 30.4 Å². The largest absolute Gasteiger partial charge is 0.384 e. The molecule has 2 fully saturated rings. The third-order valence-electron chi connectivity index (χ3n) is 6.02. The first kappa shape index (κ1) is 22.2. The van der Waals surface area contributed by atoms with Crippen LogP contribution in [0.1, 0.15) is 38.1 Å². The van der Waals surface area contributed by atoms with Crippen molar-refractivity contribution >= 4 is 49.1 Å². The lowest BCUT2D eigenvalue weighted by molar-refractivity contribution is -0.120. The number of anilines is 2. The summed E-state index contributed by atoms with van der Waals surface area (Å²) in [4.78, 5) is 21.6. The molecule has 3 aromatic heterocycles. The number of sulfone groups is 1. The van der Waals surface area contributed by atoms with Gasteiger partial charge in [-0.1, -0.05) is 11.3 Å². The van der Waals surface area contributed by atoms with Gasteiger partial charge in [0.25, 0.3) is 5.91 Å². The second-order valence-electron chi connectivity index (χ2n) is 8.38. The Labute approximate surface area is 193 Å². The van der Waals surface area contributed by atoms with E-state index in [0.29, 0.717) is 37.9 Å². The molecule has 1 aliphatic carbocycles. The molecule has 1 saturated carbocycles. The van der Waals surface area contributed by atoms with E-state index in [1.165, 1.54) is 16.9 Å². The molecule has 13 heteroatoms. The van der Waals surface area contributed by atoms with Crippen LogP contribution in [0.25, 0.3) is 11.0 Å². The summed E-state index contributed by atoms with van der Waals surface area (Å²) in [6.07, 6.45) is 5.68. The molecule has 0 spiro atoms. The number of pyridine rings is 1. The van der Waals surface area contributed by atoms with Crippen LogP contribution >= 0.6 is 11.3 Å². The Kier molecular flexibility index (Phi) is 5.79. The highest BCUT2D eigenvalue weighted by atomic mass is 32.2. The molecule has 1 aliphatic heterocycles. The van der Waals surface area contributed by atoms with E-state index in [1.54, 1.807) is 0 Å². The van der Waals surface area contributed by atoms with Crippen LogP contribution in [-0.4, -0.2) is 52.5 Å². The first-order valence-corrected chi connectivity index (χ1v) is 13.1. The van der Waals surface area contributed by atoms with Gasteiger partial charge in [-0.25, -0.2) is 23.1 Å². The van der Waals surface area contributed by atoms with Crippen LogP contribution in [0.4, 0.5) is 15.3 Å². The van der Waals surface area contributed by atoms with E-state index >= 15 is 0 Å². The number of ether oxygens (including phenoxy) is 1. The minimum atomic E-state index is -3.56. The molecule has 1 amide bonds. The van der Waals surface area contributed by atoms with Gasteiger partial charge in [0.05, 0.1) is 27.9 Å². The summed E-state index contributed by atoms with van der Waals surface area (Å²) < 4.78 is 46.2. The number of nitrogens with one attached hydrogen (secondary N) is 1. The predicted molar refractivity (Wildman–Crippen MR) is 120 cm³/mol. The molecular formula is C20H23FN6O4S2. The quantitative estimate of drug-likeness (QED) is 0.510. The van der Waals surface area contributed by atoms with Crippen molar-refractivity contribution in [2.24, 2.45) is 5.92 Å². The summed E-state index contributed by atoms with van der Waals surface area (Å²) >= 11 is 0.724. The summed E-state index contributed by atoms with van der Waals surface area (Å²) in [6, 6.07) is 0.539. The minimum absolute atomic E-state index is 0.0377. The molecule has 3 aromatic rings. The smallest absolute Gasteiger partial charge is 0.251 e. The molecular weight excluding hydrogens is 471 g/mol. The van der Waals surface area contributed by atoms with Crippen LogP contribution in [0.15, 0.2) is 23.4 Å². The standard InChI is InChI=1S/C20H23FN6O4S2/c21-16-10-23-20(32-16)26-19(28)14(7-11-3-5-31-6-4-11)27-18-13(9-24-27)15(8-17(22)25-18)33(29,30)12-1-2-12/h8-12,14H,1-7H2,(H2,22,25)(H,23,26,28). The van der Waals surface area contributed by atoms with Gasteiger partial charge >= 0.3 is 0 Å². The van der Waals surface area contributed by atoms with Gasteiger partial charge in [-0.3, -0.25) is 4.79 Å². The van der Waals surface area contributed by atoms with Crippen LogP contribution in [0.2, 0.25) is 0 Å². The zero-order chi connectivity index (χ0) is 23.2. The first-order chi connectivity index (χ1) is 15.8. The molecule has 33 heavy (non-hydrogen) atoms. The van der Waals surface area contributed by atoms with Gasteiger partial charge in [0.1, 0.15) is 11.9 Å². The van der Waals surface area contributed by atoms with Crippen molar-refractivity contribution in [3.8, 4) is 0 Å². The van der Waals surface area contributed by atoms with E-state index in [-0.39, 0.29) is 27.4 Å². The Hall–Kier alpha value is -2.64. The van der Waals surface area contributed by atoms with E-state index in [4.69, 9.17) is 10.5 Å². The highest BCUT2D eigenvalue weighted by molar-refractivity contribution is 7.92. The summed E-state index contributed by atoms with van der Waals surface area (Å²) in [6.45, 7) is 1.21. The number of hydrogen-bond acceptors (Lipinski definition) is 9. The zero-order valence-electron chi connectivity index (χ0n) is 17.6. The van der Waals surface area contributed by atoms with Crippen LogP contribution in [0.5, 0.6) is 0 Å². The number of hydrogen-bond donors (Lipinski definition) is 2. The number of halogens is 1. The van der Waals surface area contributed by atoms with Crippen LogP contribution in [0, 0.1) is 11.0 Å². The van der Waals surface area contributed by atoms with Gasteiger partial charge in [0.2, 0.25) is 0 Å². The Balaban J connectivity index is 1.55. The minimum Gasteiger partial charge on any atom is -0.384 e. The van der Waals surface area contributed by atoms with E-state index in [2.05, 4.69) is 20.4 Å². The normalized spacial score (nSPS) is 18.5. The zero-order valence-corrected chi connectivity index (χ0v) is 19.2. The van der Waals surface area contributed by atoms with Gasteiger partial charge in [-0.15, -0.1) is 0 Å². The fourth-order valence-electron chi connectivity index (χ4n) is 4.15. The van der Waals surface area contributed by atoms with Crippen LogP contribution < -0.4 is 11.1 Å². The number of fused-ring (bicyclic) bond motifs is 1. The lowest BCUT2D eigenvalue weighted by Crippen LogP contribution is -2.30. The number of carbonyl (C=O) groups excluding carboxylic acids is 1. The molecule has 4 heterocycles. The summed E-state index contributed by atoms with van der Waals surface area (Å²) in [5.41, 5.74) is 6.20. The summed E-state index contributed by atoms with van der Waals surface area (Å²) in [5.74, 6) is -0.204. The molecule has 1 saturated heterocycles. The van der Waals surface area contributed by atoms with Crippen molar-refractivity contribution in [3.05, 3.63) is 23.6 Å². The van der Waals surface area contributed by atoms with Crippen molar-refractivity contribution < 1.29 is 22.3 Å². The Bertz CT molecular complexity index is 1300. The number of carbonyl (C=O) groups is 1. The number of nitrogens with two attached hydrogens (primary N) is 1. The highest BCUT2D eigenvalue weighted by Crippen LogP contribution is 2.38. The molecule has 0 radical (unpaired) electrons. The topological polar surface area (TPSA) is 142 Å². The van der Waals surface area contributed by atoms with Crippen molar-refractivity contribution in [2.75, 3.05) is 24.3 Å². The summed E-state index contributed by atoms with van der Waals surface area (Å²) in [5, 5.41) is 6.56. The number of nitrogens with zero attached hydrogens (tertiary/aromatic N) is 4. The monoisotopic (exact) mass is 494 g/mol. The number of nitrogen functional groups attached to an aromatic ring is 1. The van der Waals surface area contributed by atoms with Gasteiger partial charge in [0.15, 0.2) is 25.7 Å². The predicted octanol–water partition coefficient (Wildman–Crippen LogP) is 2.54. The van der Waals surface area contributed by atoms with Crippen molar-refractivity contribution in [3.63, 3.8) is 0 Å². The highest BCUT2D eigenvalue weighted by Gasteiger charge is 2.39. The van der Waals surface area contributed by atoms with Gasteiger partial charge in [-0.2, -0.15) is 9.49 Å². The van der Waals surface area contributed by atoms with Gasteiger partial charge in [0, 0.05) is 13.2 Å². The molecule has 0 aromatic carbocycles. The SMILES string of the molecule is Nc1cc(S(=O)(=O)C2CC2)c2cnn(C(CC3CCOCC3)C(=O)Nc3ncc(F)s3)c2n1. The Morgan fingerprint density at radius 2 is 2.06 bits per heavy atom. The molecule has 1 atom stereocenters. The molecule has 1 unspecified atom stereocenters. The van der Waals surface area contributed by atoms with E-state index in [1.807, 2.05) is 0 Å². The molecule has 176 valence electrons. The average Bonchev–Trinajstić information content (AvgIpc) is 3.47. The maximum atomic E-state index is 13.4. The molecule has 3 N–H and O–H groups in total. The molecule has 10 nitrogen and oxygen atoms in total. The number of aromatic nitrogens is 4. The third kappa shape index (κ3) is 4.44. The van der Waals surface area contributed by atoms with Crippen LogP contribution in [-0.2, 0) is 19.4 Å². The first-order valence-electron chi connectivity index (χ1n) is 10.7. The number of rotatable bonds is 7. The second kappa shape index (κ2) is 8.61. The van der Waals surface area contributed by atoms with Crippen molar-refractivity contribution in [1.82, 2.24) is 19.7 Å². The van der Waals surface area contributed by atoms with Gasteiger partial charge in [-0.05, 0) is 44.1 Å². The lowest BCUT2D eigenvalue weighted by atomic mass is 9.92. The molecule has 5 rings (SSSR count).